The molecule has 0 atom stereocenters. The van der Waals surface area contributed by atoms with Crippen LogP contribution in [0.3, 0.4) is 0 Å². The van der Waals surface area contributed by atoms with Gasteiger partial charge in [0, 0.05) is 6.20 Å². The van der Waals surface area contributed by atoms with E-state index in [0.29, 0.717) is 5.92 Å². The van der Waals surface area contributed by atoms with Crippen molar-refractivity contribution >= 4 is 5.71 Å². The highest BCUT2D eigenvalue weighted by Crippen LogP contribution is 2.18. The number of rotatable bonds is 4. The molecule has 0 aromatic rings. The first-order valence-corrected chi connectivity index (χ1v) is 5.45. The van der Waals surface area contributed by atoms with Gasteiger partial charge in [0.1, 0.15) is 0 Å². The number of nitrogens with zero attached hydrogens (tertiary/aromatic N) is 1. The third kappa shape index (κ3) is 3.86. The molecule has 0 bridgehead atoms. The molecule has 0 saturated carbocycles. The molecule has 0 rings (SSSR count). The zero-order valence-electron chi connectivity index (χ0n) is 10.9. The van der Waals surface area contributed by atoms with E-state index in [9.17, 15) is 0 Å². The van der Waals surface area contributed by atoms with E-state index >= 15 is 0 Å². The van der Waals surface area contributed by atoms with E-state index in [2.05, 4.69) is 52.3 Å². The summed E-state index contributed by atoms with van der Waals surface area (Å²) in [6.07, 6.45) is 3.69. The molecular weight excluding hydrogens is 182 g/mol. The van der Waals surface area contributed by atoms with E-state index in [0.717, 1.165) is 5.71 Å². The van der Waals surface area contributed by atoms with Gasteiger partial charge < -0.3 is 0 Å². The lowest BCUT2D eigenvalue weighted by atomic mass is 9.94. The second kappa shape index (κ2) is 6.39. The van der Waals surface area contributed by atoms with Gasteiger partial charge in [0.2, 0.25) is 0 Å². The first-order chi connectivity index (χ1) is 6.95. The van der Waals surface area contributed by atoms with E-state index < -0.39 is 0 Å². The third-order valence-corrected chi connectivity index (χ3v) is 2.84. The van der Waals surface area contributed by atoms with Crippen molar-refractivity contribution in [2.75, 3.05) is 0 Å². The van der Waals surface area contributed by atoms with Crippen LogP contribution in [0, 0.1) is 5.92 Å². The van der Waals surface area contributed by atoms with E-state index in [4.69, 9.17) is 0 Å². The molecule has 15 heavy (non-hydrogen) atoms. The van der Waals surface area contributed by atoms with Crippen molar-refractivity contribution < 1.29 is 0 Å². The molecule has 0 aromatic carbocycles. The van der Waals surface area contributed by atoms with Gasteiger partial charge in [-0.05, 0) is 44.8 Å². The number of hydrogen-bond donors (Lipinski definition) is 0. The summed E-state index contributed by atoms with van der Waals surface area (Å²) in [5, 5.41) is 0. The summed E-state index contributed by atoms with van der Waals surface area (Å²) in [5.74, 6) is 0.560. The smallest absolute Gasteiger partial charge is 0.0683 e. The van der Waals surface area contributed by atoms with Gasteiger partial charge in [-0.2, -0.15) is 0 Å². The summed E-state index contributed by atoms with van der Waals surface area (Å²) in [5.41, 5.74) is 4.91. The molecule has 1 nitrogen and oxygen atoms in total. The summed E-state index contributed by atoms with van der Waals surface area (Å²) >= 11 is 0. The highest BCUT2D eigenvalue weighted by Gasteiger charge is 2.09. The van der Waals surface area contributed by atoms with Gasteiger partial charge in [-0.25, -0.2) is 0 Å². The van der Waals surface area contributed by atoms with E-state index in [-0.39, 0.29) is 0 Å². The Labute approximate surface area is 94.3 Å². The standard InChI is InChI=1S/C14H23N/c1-8-11(5)14(15-9-2)13(7)12(6)10(3)4/h8-10H,2H2,1,3-7H3/b11-8-,13-12+,15-14?. The van der Waals surface area contributed by atoms with Crippen molar-refractivity contribution in [3.05, 3.63) is 35.6 Å². The van der Waals surface area contributed by atoms with Gasteiger partial charge in [0.25, 0.3) is 0 Å². The van der Waals surface area contributed by atoms with Crippen LogP contribution in [-0.2, 0) is 0 Å². The molecular formula is C14H23N. The Morgan fingerprint density at radius 2 is 1.73 bits per heavy atom. The van der Waals surface area contributed by atoms with Gasteiger partial charge in [-0.15, -0.1) is 0 Å². The summed E-state index contributed by atoms with van der Waals surface area (Å²) < 4.78 is 0. The molecule has 0 aliphatic heterocycles. The topological polar surface area (TPSA) is 12.4 Å². The van der Waals surface area contributed by atoms with Crippen molar-refractivity contribution in [1.29, 1.82) is 0 Å². The van der Waals surface area contributed by atoms with Crippen molar-refractivity contribution in [3.63, 3.8) is 0 Å². The molecule has 0 radical (unpaired) electrons. The van der Waals surface area contributed by atoms with Crippen LogP contribution in [0.4, 0.5) is 0 Å². The third-order valence-electron chi connectivity index (χ3n) is 2.84. The highest BCUT2D eigenvalue weighted by molar-refractivity contribution is 6.12. The fraction of sp³-hybridized carbons (Fsp3) is 0.500. The zero-order valence-corrected chi connectivity index (χ0v) is 10.9. The van der Waals surface area contributed by atoms with Gasteiger partial charge in [-0.1, -0.05) is 32.1 Å². The molecule has 1 heteroatoms. The van der Waals surface area contributed by atoms with E-state index in [1.807, 2.05) is 6.92 Å². The molecule has 0 heterocycles. The minimum Gasteiger partial charge on any atom is -0.257 e. The molecule has 84 valence electrons. The number of allylic oxidation sites excluding steroid dienone is 4. The lowest BCUT2D eigenvalue weighted by Gasteiger charge is -2.13. The normalized spacial score (nSPS) is 15.4. The molecule has 0 aliphatic rings. The maximum atomic E-state index is 4.35. The number of hydrogen-bond acceptors (Lipinski definition) is 1. The lowest BCUT2D eigenvalue weighted by Crippen LogP contribution is -2.06. The Bertz CT molecular complexity index is 314. The molecule has 0 N–H and O–H groups in total. The van der Waals surface area contributed by atoms with Crippen molar-refractivity contribution in [2.45, 2.75) is 41.5 Å². The number of aliphatic imine (C=N–C) groups is 1. The Kier molecular flexibility index (Phi) is 5.92. The molecule has 0 aromatic heterocycles. The van der Waals surface area contributed by atoms with Crippen molar-refractivity contribution in [2.24, 2.45) is 10.9 Å². The fourth-order valence-corrected chi connectivity index (χ4v) is 1.34. The zero-order chi connectivity index (χ0) is 12.0. The quantitative estimate of drug-likeness (QED) is 0.598. The van der Waals surface area contributed by atoms with Gasteiger partial charge in [0.05, 0.1) is 5.71 Å². The van der Waals surface area contributed by atoms with Crippen LogP contribution in [0.25, 0.3) is 0 Å². The Morgan fingerprint density at radius 3 is 2.07 bits per heavy atom. The van der Waals surface area contributed by atoms with Crippen LogP contribution < -0.4 is 0 Å². The first kappa shape index (κ1) is 13.9. The van der Waals surface area contributed by atoms with Gasteiger partial charge in [-0.3, -0.25) is 4.99 Å². The molecule has 0 unspecified atom stereocenters. The van der Waals surface area contributed by atoms with Crippen molar-refractivity contribution in [1.82, 2.24) is 0 Å². The molecule has 0 spiro atoms. The molecule has 0 aliphatic carbocycles. The van der Waals surface area contributed by atoms with Crippen LogP contribution in [-0.4, -0.2) is 5.71 Å². The van der Waals surface area contributed by atoms with Crippen LogP contribution in [0.15, 0.2) is 40.6 Å². The largest absolute Gasteiger partial charge is 0.257 e. The van der Waals surface area contributed by atoms with Crippen LogP contribution in [0.2, 0.25) is 0 Å². The maximum absolute atomic E-state index is 4.35. The average Bonchev–Trinajstić information content (AvgIpc) is 2.22. The first-order valence-electron chi connectivity index (χ1n) is 5.45. The Balaban J connectivity index is 5.40. The fourth-order valence-electron chi connectivity index (χ4n) is 1.34. The molecule has 0 fully saturated rings. The summed E-state index contributed by atoms with van der Waals surface area (Å²) in [6.45, 7) is 16.5. The minimum absolute atomic E-state index is 0.560. The minimum atomic E-state index is 0.560. The van der Waals surface area contributed by atoms with E-state index in [1.54, 1.807) is 6.20 Å². The van der Waals surface area contributed by atoms with Crippen LogP contribution >= 0.6 is 0 Å². The Hall–Kier alpha value is -1.11. The van der Waals surface area contributed by atoms with Crippen molar-refractivity contribution in [3.8, 4) is 0 Å². The predicted molar refractivity (Wildman–Crippen MR) is 70.3 cm³/mol. The maximum Gasteiger partial charge on any atom is 0.0683 e. The average molecular weight is 205 g/mol. The SMILES string of the molecule is C=CN=C(/C(C)=C\C)/C(C)=C(\C)C(C)C. The summed E-state index contributed by atoms with van der Waals surface area (Å²) in [6, 6.07) is 0. The second-order valence-corrected chi connectivity index (χ2v) is 4.09. The van der Waals surface area contributed by atoms with E-state index in [1.165, 1.54) is 16.7 Å². The van der Waals surface area contributed by atoms with Crippen LogP contribution in [0.5, 0.6) is 0 Å². The predicted octanol–water partition coefficient (Wildman–Crippen LogP) is 4.53. The lowest BCUT2D eigenvalue weighted by molar-refractivity contribution is 0.762. The second-order valence-electron chi connectivity index (χ2n) is 4.09. The van der Waals surface area contributed by atoms with Gasteiger partial charge >= 0.3 is 0 Å². The highest BCUT2D eigenvalue weighted by atomic mass is 14.7. The summed E-state index contributed by atoms with van der Waals surface area (Å²) in [7, 11) is 0. The molecule has 0 saturated heterocycles. The van der Waals surface area contributed by atoms with Gasteiger partial charge in [0.15, 0.2) is 0 Å². The summed E-state index contributed by atoms with van der Waals surface area (Å²) in [4.78, 5) is 4.35. The van der Waals surface area contributed by atoms with Crippen LogP contribution in [0.1, 0.15) is 41.5 Å². The molecule has 0 amide bonds. The Morgan fingerprint density at radius 1 is 1.20 bits per heavy atom. The monoisotopic (exact) mass is 205 g/mol.